The Hall–Kier alpha value is -1.99. The van der Waals surface area contributed by atoms with E-state index < -0.39 is 12.1 Å². The lowest BCUT2D eigenvalue weighted by atomic mass is 10.2. The van der Waals surface area contributed by atoms with Gasteiger partial charge in [-0.15, -0.1) is 0 Å². The van der Waals surface area contributed by atoms with Crippen LogP contribution in [0.5, 0.6) is 11.5 Å². The first-order valence-electron chi connectivity index (χ1n) is 6.01. The Kier molecular flexibility index (Phi) is 6.61. The van der Waals surface area contributed by atoms with Gasteiger partial charge in [-0.3, -0.25) is 0 Å². The molecular weight excluding hydrogens is 266 g/mol. The monoisotopic (exact) mass is 285 g/mol. The third-order valence-electron chi connectivity index (χ3n) is 2.49. The normalized spacial score (nSPS) is 11.6. The van der Waals surface area contributed by atoms with E-state index >= 15 is 0 Å². The summed E-state index contributed by atoms with van der Waals surface area (Å²) in [6, 6.07) is 5.01. The summed E-state index contributed by atoms with van der Waals surface area (Å²) in [5.41, 5.74) is 0.694. The fraction of sp³-hybridized carbons (Fsp3) is 0.462. The molecule has 7 nitrogen and oxygen atoms in total. The van der Waals surface area contributed by atoms with Crippen LogP contribution in [0.2, 0.25) is 0 Å². The van der Waals surface area contributed by atoms with Crippen LogP contribution in [0, 0.1) is 0 Å². The zero-order valence-electron chi connectivity index (χ0n) is 11.5. The first-order valence-corrected chi connectivity index (χ1v) is 6.01. The number of hydrogen-bond donors (Lipinski definition) is 3. The van der Waals surface area contributed by atoms with Crippen molar-refractivity contribution >= 4 is 11.7 Å². The van der Waals surface area contributed by atoms with E-state index in [0.29, 0.717) is 17.2 Å². The fourth-order valence-corrected chi connectivity index (χ4v) is 1.39. The van der Waals surface area contributed by atoms with Gasteiger partial charge in [0, 0.05) is 18.3 Å². The van der Waals surface area contributed by atoms with Crippen LogP contribution in [0.15, 0.2) is 18.2 Å². The van der Waals surface area contributed by atoms with Gasteiger partial charge in [-0.25, -0.2) is 4.79 Å². The lowest BCUT2D eigenvalue weighted by Crippen LogP contribution is -2.22. The van der Waals surface area contributed by atoms with Crippen LogP contribution in [-0.2, 0) is 9.53 Å². The third-order valence-corrected chi connectivity index (χ3v) is 2.49. The van der Waals surface area contributed by atoms with Gasteiger partial charge in [0.15, 0.2) is 18.1 Å². The smallest absolute Gasteiger partial charge is 0.343 e. The van der Waals surface area contributed by atoms with Crippen molar-refractivity contribution in [3.63, 3.8) is 0 Å². The van der Waals surface area contributed by atoms with Gasteiger partial charge in [-0.1, -0.05) is 0 Å². The molecule has 0 aliphatic carbocycles. The average Bonchev–Trinajstić information content (AvgIpc) is 2.50. The van der Waals surface area contributed by atoms with Gasteiger partial charge in [0.05, 0.1) is 26.9 Å². The molecule has 0 aliphatic rings. The Morgan fingerprint density at radius 3 is 2.70 bits per heavy atom. The molecule has 0 radical (unpaired) electrons. The maximum absolute atomic E-state index is 11.0. The van der Waals surface area contributed by atoms with Crippen LogP contribution in [-0.4, -0.2) is 56.3 Å². The average molecular weight is 285 g/mol. The zero-order chi connectivity index (χ0) is 15.0. The van der Waals surface area contributed by atoms with Gasteiger partial charge in [0.1, 0.15) is 0 Å². The minimum Gasteiger partial charge on any atom is -0.493 e. The summed E-state index contributed by atoms with van der Waals surface area (Å²) in [6.07, 6.45) is -0.837. The molecule has 0 heterocycles. The lowest BCUT2D eigenvalue weighted by molar-refractivity contribution is -0.142. The van der Waals surface area contributed by atoms with Crippen molar-refractivity contribution < 1.29 is 29.2 Å². The van der Waals surface area contributed by atoms with Gasteiger partial charge in [-0.05, 0) is 12.1 Å². The number of esters is 1. The van der Waals surface area contributed by atoms with Crippen LogP contribution in [0.3, 0.4) is 0 Å². The minimum absolute atomic E-state index is 0.205. The second-order valence-corrected chi connectivity index (χ2v) is 3.95. The van der Waals surface area contributed by atoms with Gasteiger partial charge in [-0.2, -0.15) is 0 Å². The molecule has 0 saturated carbocycles. The number of rotatable bonds is 8. The molecule has 20 heavy (non-hydrogen) atoms. The molecule has 0 aromatic heterocycles. The van der Waals surface area contributed by atoms with Crippen LogP contribution in [0.1, 0.15) is 0 Å². The van der Waals surface area contributed by atoms with Gasteiger partial charge in [0.25, 0.3) is 0 Å². The fourth-order valence-electron chi connectivity index (χ4n) is 1.39. The van der Waals surface area contributed by atoms with Crippen molar-refractivity contribution in [1.82, 2.24) is 0 Å². The summed E-state index contributed by atoms with van der Waals surface area (Å²) in [5, 5.41) is 20.9. The van der Waals surface area contributed by atoms with Crippen molar-refractivity contribution in [3.05, 3.63) is 18.2 Å². The molecule has 3 N–H and O–H groups in total. The number of benzene rings is 1. The molecule has 1 unspecified atom stereocenters. The van der Waals surface area contributed by atoms with E-state index in [0.717, 1.165) is 0 Å². The molecule has 1 rings (SSSR count). The summed E-state index contributed by atoms with van der Waals surface area (Å²) < 4.78 is 14.9. The topological polar surface area (TPSA) is 97.3 Å². The van der Waals surface area contributed by atoms with Crippen molar-refractivity contribution in [2.75, 3.05) is 39.3 Å². The van der Waals surface area contributed by atoms with Crippen LogP contribution < -0.4 is 14.8 Å². The van der Waals surface area contributed by atoms with Gasteiger partial charge in [0.2, 0.25) is 0 Å². The predicted octanol–water partition coefficient (Wildman–Crippen LogP) is 0.0121. The number of hydrogen-bond acceptors (Lipinski definition) is 7. The summed E-state index contributed by atoms with van der Waals surface area (Å²) in [4.78, 5) is 11.0. The highest BCUT2D eigenvalue weighted by Crippen LogP contribution is 2.30. The third kappa shape index (κ3) is 4.94. The molecule has 1 atom stereocenters. The SMILES string of the molecule is COC(=O)COc1ccc(NCC(O)CO)cc1OC. The number of nitrogens with one attached hydrogen (secondary N) is 1. The second-order valence-electron chi connectivity index (χ2n) is 3.95. The molecule has 112 valence electrons. The van der Waals surface area contributed by atoms with E-state index in [9.17, 15) is 9.90 Å². The largest absolute Gasteiger partial charge is 0.493 e. The molecule has 0 aliphatic heterocycles. The molecule has 0 bridgehead atoms. The summed E-state index contributed by atoms with van der Waals surface area (Å²) in [7, 11) is 2.76. The standard InChI is InChI=1S/C13H19NO6/c1-18-12-5-9(14-6-10(16)7-15)3-4-11(12)20-8-13(17)19-2/h3-5,10,14-16H,6-8H2,1-2H3. The minimum atomic E-state index is -0.837. The number of aliphatic hydroxyl groups excluding tert-OH is 2. The summed E-state index contributed by atoms with van der Waals surface area (Å²) in [6.45, 7) is -0.310. The van der Waals surface area contributed by atoms with E-state index in [2.05, 4.69) is 10.1 Å². The Bertz CT molecular complexity index is 437. The molecule has 0 fully saturated rings. The molecule has 7 heteroatoms. The molecule has 1 aromatic rings. The van der Waals surface area contributed by atoms with Crippen LogP contribution >= 0.6 is 0 Å². The number of ether oxygens (including phenoxy) is 3. The van der Waals surface area contributed by atoms with Crippen molar-refractivity contribution in [1.29, 1.82) is 0 Å². The Balaban J connectivity index is 2.67. The number of carbonyl (C=O) groups excluding carboxylic acids is 1. The highest BCUT2D eigenvalue weighted by molar-refractivity contribution is 5.71. The van der Waals surface area contributed by atoms with E-state index in [1.54, 1.807) is 18.2 Å². The number of anilines is 1. The van der Waals surface area contributed by atoms with Crippen molar-refractivity contribution in [3.8, 4) is 11.5 Å². The van der Waals surface area contributed by atoms with Crippen LogP contribution in [0.4, 0.5) is 5.69 Å². The maximum atomic E-state index is 11.0. The highest BCUT2D eigenvalue weighted by atomic mass is 16.6. The zero-order valence-corrected chi connectivity index (χ0v) is 11.5. The van der Waals surface area contributed by atoms with E-state index in [-0.39, 0.29) is 19.8 Å². The highest BCUT2D eigenvalue weighted by Gasteiger charge is 2.09. The summed E-state index contributed by atoms with van der Waals surface area (Å²) >= 11 is 0. The Morgan fingerprint density at radius 1 is 1.35 bits per heavy atom. The predicted molar refractivity (Wildman–Crippen MR) is 72.1 cm³/mol. The molecule has 0 amide bonds. The molecule has 1 aromatic carbocycles. The first kappa shape index (κ1) is 16.1. The Morgan fingerprint density at radius 2 is 2.10 bits per heavy atom. The quantitative estimate of drug-likeness (QED) is 0.579. The molecule has 0 spiro atoms. The number of aliphatic hydroxyl groups is 2. The number of methoxy groups -OCH3 is 2. The summed E-state index contributed by atoms with van der Waals surface area (Å²) in [5.74, 6) is 0.365. The molecular formula is C13H19NO6. The number of carbonyl (C=O) groups is 1. The van der Waals surface area contributed by atoms with Gasteiger partial charge < -0.3 is 29.7 Å². The van der Waals surface area contributed by atoms with E-state index in [4.69, 9.17) is 14.6 Å². The Labute approximate surface area is 117 Å². The van der Waals surface area contributed by atoms with E-state index in [1.165, 1.54) is 14.2 Å². The van der Waals surface area contributed by atoms with E-state index in [1.807, 2.05) is 0 Å². The lowest BCUT2D eigenvalue weighted by Gasteiger charge is -2.14. The van der Waals surface area contributed by atoms with Gasteiger partial charge >= 0.3 is 5.97 Å². The van der Waals surface area contributed by atoms with Crippen molar-refractivity contribution in [2.45, 2.75) is 6.10 Å². The second kappa shape index (κ2) is 8.23. The first-order chi connectivity index (χ1) is 9.60. The van der Waals surface area contributed by atoms with Crippen molar-refractivity contribution in [2.24, 2.45) is 0 Å². The van der Waals surface area contributed by atoms with Crippen LogP contribution in [0.25, 0.3) is 0 Å². The molecule has 0 saturated heterocycles. The maximum Gasteiger partial charge on any atom is 0.343 e.